The molecule has 66 valence electrons. The van der Waals surface area contributed by atoms with E-state index in [2.05, 4.69) is 5.16 Å². The van der Waals surface area contributed by atoms with Crippen LogP contribution < -0.4 is 0 Å². The molecule has 3 nitrogen and oxygen atoms in total. The van der Waals surface area contributed by atoms with Gasteiger partial charge in [0.1, 0.15) is 0 Å². The van der Waals surface area contributed by atoms with Crippen molar-refractivity contribution in [3.8, 4) is 17.0 Å². The maximum Gasteiger partial charge on any atom is 0.186 e. The van der Waals surface area contributed by atoms with Crippen LogP contribution in [0.2, 0.25) is 0 Å². The number of aromatic nitrogens is 1. The number of aryl methyl sites for hydroxylation is 1. The second-order valence-electron chi connectivity index (χ2n) is 2.80. The minimum atomic E-state index is 0.117. The first-order valence-corrected chi connectivity index (χ1v) is 3.99. The van der Waals surface area contributed by atoms with E-state index in [1.54, 1.807) is 6.92 Å². The van der Waals surface area contributed by atoms with Crippen molar-refractivity contribution in [1.29, 1.82) is 0 Å². The number of benzene rings is 1. The van der Waals surface area contributed by atoms with Crippen LogP contribution in [-0.4, -0.2) is 10.3 Å². The lowest BCUT2D eigenvalue weighted by atomic mass is 10.1. The van der Waals surface area contributed by atoms with E-state index in [1.165, 1.54) is 0 Å². The Morgan fingerprint density at radius 1 is 1.23 bits per heavy atom. The van der Waals surface area contributed by atoms with Crippen molar-refractivity contribution in [2.45, 2.75) is 6.92 Å². The predicted molar refractivity (Wildman–Crippen MR) is 48.3 cm³/mol. The quantitative estimate of drug-likeness (QED) is 0.723. The molecule has 2 rings (SSSR count). The van der Waals surface area contributed by atoms with Crippen molar-refractivity contribution in [2.75, 3.05) is 0 Å². The van der Waals surface area contributed by atoms with Crippen LogP contribution in [0.5, 0.6) is 5.75 Å². The van der Waals surface area contributed by atoms with E-state index in [-0.39, 0.29) is 5.75 Å². The zero-order valence-corrected chi connectivity index (χ0v) is 7.19. The summed E-state index contributed by atoms with van der Waals surface area (Å²) in [6.07, 6.45) is 0. The minimum absolute atomic E-state index is 0.117. The van der Waals surface area contributed by atoms with Crippen LogP contribution in [0, 0.1) is 6.92 Å². The monoisotopic (exact) mass is 175 g/mol. The SMILES string of the molecule is Cc1onc(-c2ccccc2)c1O. The summed E-state index contributed by atoms with van der Waals surface area (Å²) in [5, 5.41) is 13.3. The van der Waals surface area contributed by atoms with Crippen molar-refractivity contribution in [1.82, 2.24) is 5.16 Å². The average Bonchev–Trinajstić information content (AvgIpc) is 2.49. The molecule has 0 amide bonds. The lowest BCUT2D eigenvalue weighted by Gasteiger charge is -1.94. The Labute approximate surface area is 75.6 Å². The molecule has 0 saturated carbocycles. The van der Waals surface area contributed by atoms with Gasteiger partial charge in [-0.25, -0.2) is 0 Å². The third-order valence-electron chi connectivity index (χ3n) is 1.88. The third kappa shape index (κ3) is 1.28. The molecule has 3 heteroatoms. The fourth-order valence-electron chi connectivity index (χ4n) is 1.15. The van der Waals surface area contributed by atoms with Crippen LogP contribution in [0.15, 0.2) is 34.9 Å². The van der Waals surface area contributed by atoms with Gasteiger partial charge in [0, 0.05) is 12.5 Å². The molecule has 2 aromatic rings. The van der Waals surface area contributed by atoms with E-state index in [0.717, 1.165) is 5.56 Å². The van der Waals surface area contributed by atoms with Gasteiger partial charge in [0.25, 0.3) is 0 Å². The topological polar surface area (TPSA) is 46.3 Å². The van der Waals surface area contributed by atoms with Crippen LogP contribution >= 0.6 is 0 Å². The van der Waals surface area contributed by atoms with Gasteiger partial charge in [-0.05, 0) is 0 Å². The van der Waals surface area contributed by atoms with Gasteiger partial charge >= 0.3 is 0 Å². The van der Waals surface area contributed by atoms with E-state index in [4.69, 9.17) is 4.52 Å². The predicted octanol–water partition coefficient (Wildman–Crippen LogP) is 2.36. The van der Waals surface area contributed by atoms with Crippen molar-refractivity contribution in [2.24, 2.45) is 0 Å². The molecule has 0 bridgehead atoms. The molecule has 13 heavy (non-hydrogen) atoms. The van der Waals surface area contributed by atoms with Crippen molar-refractivity contribution in [3.63, 3.8) is 0 Å². The Bertz CT molecular complexity index is 406. The third-order valence-corrected chi connectivity index (χ3v) is 1.88. The smallest absolute Gasteiger partial charge is 0.186 e. The summed E-state index contributed by atoms with van der Waals surface area (Å²) in [6.45, 7) is 1.68. The van der Waals surface area contributed by atoms with E-state index in [1.807, 2.05) is 30.3 Å². The molecule has 1 aromatic carbocycles. The number of aromatic hydroxyl groups is 1. The molecule has 0 aliphatic heterocycles. The first-order chi connectivity index (χ1) is 6.29. The molecule has 0 fully saturated rings. The molecular weight excluding hydrogens is 166 g/mol. The summed E-state index contributed by atoms with van der Waals surface area (Å²) in [4.78, 5) is 0. The molecule has 1 N–H and O–H groups in total. The summed E-state index contributed by atoms with van der Waals surface area (Å²) in [7, 11) is 0. The fraction of sp³-hybridized carbons (Fsp3) is 0.100. The first kappa shape index (κ1) is 7.86. The Hall–Kier alpha value is -1.77. The van der Waals surface area contributed by atoms with Crippen molar-refractivity contribution >= 4 is 0 Å². The molecule has 0 radical (unpaired) electrons. The van der Waals surface area contributed by atoms with Crippen LogP contribution in [0.4, 0.5) is 0 Å². The lowest BCUT2D eigenvalue weighted by molar-refractivity contribution is 0.384. The van der Waals surface area contributed by atoms with Crippen molar-refractivity contribution < 1.29 is 9.63 Å². The second kappa shape index (κ2) is 2.94. The van der Waals surface area contributed by atoms with Gasteiger partial charge in [0.15, 0.2) is 17.2 Å². The lowest BCUT2D eigenvalue weighted by Crippen LogP contribution is -1.75. The van der Waals surface area contributed by atoms with Gasteiger partial charge in [-0.2, -0.15) is 0 Å². The molecule has 0 atom stereocenters. The van der Waals surface area contributed by atoms with E-state index in [0.29, 0.717) is 11.5 Å². The largest absolute Gasteiger partial charge is 0.503 e. The van der Waals surface area contributed by atoms with Gasteiger partial charge < -0.3 is 9.63 Å². The summed E-state index contributed by atoms with van der Waals surface area (Å²) in [6, 6.07) is 9.43. The molecular formula is C10H9NO2. The van der Waals surface area contributed by atoms with Crippen LogP contribution in [0.3, 0.4) is 0 Å². The molecule has 1 aromatic heterocycles. The zero-order chi connectivity index (χ0) is 9.26. The highest BCUT2D eigenvalue weighted by Gasteiger charge is 2.11. The van der Waals surface area contributed by atoms with Crippen LogP contribution in [0.1, 0.15) is 5.76 Å². The maximum absolute atomic E-state index is 9.53. The van der Waals surface area contributed by atoms with Gasteiger partial charge in [0.2, 0.25) is 0 Å². The maximum atomic E-state index is 9.53. The Morgan fingerprint density at radius 2 is 1.92 bits per heavy atom. The highest BCUT2D eigenvalue weighted by atomic mass is 16.5. The van der Waals surface area contributed by atoms with Crippen LogP contribution in [0.25, 0.3) is 11.3 Å². The van der Waals surface area contributed by atoms with Crippen LogP contribution in [-0.2, 0) is 0 Å². The highest BCUT2D eigenvalue weighted by Crippen LogP contribution is 2.30. The number of rotatable bonds is 1. The van der Waals surface area contributed by atoms with Gasteiger partial charge in [-0.15, -0.1) is 0 Å². The average molecular weight is 175 g/mol. The molecule has 0 saturated heterocycles. The second-order valence-corrected chi connectivity index (χ2v) is 2.80. The standard InChI is InChI=1S/C10H9NO2/c1-7-10(12)9(11-13-7)8-5-3-2-4-6-8/h2-6,12H,1H3. The van der Waals surface area contributed by atoms with Gasteiger partial charge in [0.05, 0.1) is 0 Å². The molecule has 0 spiro atoms. The zero-order valence-electron chi connectivity index (χ0n) is 7.19. The van der Waals surface area contributed by atoms with E-state index < -0.39 is 0 Å². The van der Waals surface area contributed by atoms with Gasteiger partial charge in [-0.3, -0.25) is 0 Å². The number of nitrogens with zero attached hydrogens (tertiary/aromatic N) is 1. The Morgan fingerprint density at radius 3 is 2.46 bits per heavy atom. The van der Waals surface area contributed by atoms with E-state index in [9.17, 15) is 5.11 Å². The normalized spacial score (nSPS) is 10.2. The summed E-state index contributed by atoms with van der Waals surface area (Å²) < 4.78 is 4.85. The van der Waals surface area contributed by atoms with Gasteiger partial charge in [-0.1, -0.05) is 35.5 Å². The summed E-state index contributed by atoms with van der Waals surface area (Å²) in [5.74, 6) is 0.560. The first-order valence-electron chi connectivity index (χ1n) is 3.99. The highest BCUT2D eigenvalue weighted by molar-refractivity contribution is 5.65. The molecule has 0 aliphatic rings. The van der Waals surface area contributed by atoms with E-state index >= 15 is 0 Å². The molecule has 0 unspecified atom stereocenters. The van der Waals surface area contributed by atoms with Crippen molar-refractivity contribution in [3.05, 3.63) is 36.1 Å². The minimum Gasteiger partial charge on any atom is -0.503 e. The summed E-state index contributed by atoms with van der Waals surface area (Å²) in [5.41, 5.74) is 1.36. The fourth-order valence-corrected chi connectivity index (χ4v) is 1.15. The molecule has 0 aliphatic carbocycles. The summed E-state index contributed by atoms with van der Waals surface area (Å²) >= 11 is 0. The Kier molecular flexibility index (Phi) is 1.77. The molecule has 1 heterocycles. The Balaban J connectivity index is 2.53. The number of hydrogen-bond donors (Lipinski definition) is 1. The number of hydrogen-bond acceptors (Lipinski definition) is 3.